The van der Waals surface area contributed by atoms with Crippen molar-refractivity contribution in [1.82, 2.24) is 20.4 Å². The van der Waals surface area contributed by atoms with Crippen molar-refractivity contribution in [2.24, 2.45) is 16.5 Å². The normalized spacial score (nSPS) is 26.1. The molecule has 0 radical (unpaired) electrons. The number of imide groups is 1. The van der Waals surface area contributed by atoms with Gasteiger partial charge in [0, 0.05) is 16.7 Å². The second kappa shape index (κ2) is 11.1. The number of aliphatic hydroxyl groups is 2. The fourth-order valence-corrected chi connectivity index (χ4v) is 7.51. The standard InChI is InChI=1S/C34H37N9O5/c1-32(2,20-11-5-3-6-12-20)23-16-10-9-15-22(23)28(45)38-25-18-43-30(36)37-24(27-33(43,34(25,47)48)40-29(35)39-27)17-42-26(44)19-41(31(42)46)21-13-7-4-8-14-21/h3-16,24-25,27,47-48H,17-19H2,1-2H3,(H2,36,37)(H,38,45)(H3,35,39,40)/p+1/t24-,25?,27-,33-/m0/s1. The molecule has 0 aliphatic carbocycles. The van der Waals surface area contributed by atoms with Gasteiger partial charge in [-0.15, -0.1) is 0 Å². The molecule has 14 heteroatoms. The first-order chi connectivity index (χ1) is 22.9. The Balaban J connectivity index is 1.17. The average Bonchev–Trinajstić information content (AvgIpc) is 3.66. The summed E-state index contributed by atoms with van der Waals surface area (Å²) in [6.45, 7) is 3.55. The maximum Gasteiger partial charge on any atom is 0.343 e. The van der Waals surface area contributed by atoms with Crippen molar-refractivity contribution in [3.63, 3.8) is 0 Å². The third kappa shape index (κ3) is 4.58. The predicted molar refractivity (Wildman–Crippen MR) is 176 cm³/mol. The highest BCUT2D eigenvalue weighted by Gasteiger charge is 2.76. The second-order valence-corrected chi connectivity index (χ2v) is 13.1. The van der Waals surface area contributed by atoms with Crippen LogP contribution in [0.15, 0.2) is 89.9 Å². The summed E-state index contributed by atoms with van der Waals surface area (Å²) >= 11 is 0. The lowest BCUT2D eigenvalue weighted by molar-refractivity contribution is -0.521. The molecule has 2 saturated heterocycles. The molecule has 3 aromatic carbocycles. The number of nitrogens with one attached hydrogen (secondary N) is 3. The number of nitrogens with two attached hydrogens (primary N) is 2. The van der Waals surface area contributed by atoms with Gasteiger partial charge in [-0.25, -0.2) is 15.1 Å². The number of rotatable bonds is 7. The number of para-hydroxylation sites is 1. The molecular weight excluding hydrogens is 614 g/mol. The predicted octanol–water partition coefficient (Wildman–Crippen LogP) is -1.66. The summed E-state index contributed by atoms with van der Waals surface area (Å²) in [5.41, 5.74) is 13.0. The highest BCUT2D eigenvalue weighted by Crippen LogP contribution is 2.42. The molecule has 4 aliphatic rings. The van der Waals surface area contributed by atoms with Gasteiger partial charge in [-0.1, -0.05) is 80.6 Å². The summed E-state index contributed by atoms with van der Waals surface area (Å²) < 4.78 is 0. The third-order valence-corrected chi connectivity index (χ3v) is 10.0. The molecule has 2 fully saturated rings. The molecule has 3 aromatic rings. The minimum absolute atomic E-state index is 0.0132. The van der Waals surface area contributed by atoms with E-state index >= 15 is 0 Å². The number of nitrogens with zero attached hydrogens (tertiary/aromatic N) is 4. The molecule has 0 saturated carbocycles. The minimum atomic E-state index is -2.67. The maximum absolute atomic E-state index is 14.0. The number of anilines is 1. The van der Waals surface area contributed by atoms with Gasteiger partial charge in [-0.3, -0.25) is 35.0 Å². The molecule has 9 N–H and O–H groups in total. The number of aliphatic imine (C=N–C) groups is 1. The van der Waals surface area contributed by atoms with Crippen molar-refractivity contribution >= 4 is 35.5 Å². The van der Waals surface area contributed by atoms with Crippen LogP contribution in [0.4, 0.5) is 10.5 Å². The summed E-state index contributed by atoms with van der Waals surface area (Å²) in [6, 6.07) is 22.1. The molecule has 4 aliphatic heterocycles. The van der Waals surface area contributed by atoms with E-state index in [2.05, 4.69) is 20.6 Å². The van der Waals surface area contributed by atoms with Gasteiger partial charge in [0.05, 0.1) is 13.1 Å². The first-order valence-corrected chi connectivity index (χ1v) is 15.7. The molecule has 48 heavy (non-hydrogen) atoms. The lowest BCUT2D eigenvalue weighted by atomic mass is 9.76. The van der Waals surface area contributed by atoms with E-state index in [1.807, 2.05) is 62.4 Å². The van der Waals surface area contributed by atoms with E-state index in [0.29, 0.717) is 11.3 Å². The zero-order chi connectivity index (χ0) is 34.0. The van der Waals surface area contributed by atoms with Crippen LogP contribution >= 0.6 is 0 Å². The Morgan fingerprint density at radius 1 is 1.02 bits per heavy atom. The van der Waals surface area contributed by atoms with Crippen LogP contribution in [-0.4, -0.2) is 99.0 Å². The van der Waals surface area contributed by atoms with Gasteiger partial charge in [-0.05, 0) is 29.3 Å². The molecule has 4 amide bonds. The van der Waals surface area contributed by atoms with Crippen LogP contribution in [0.5, 0.6) is 0 Å². The van der Waals surface area contributed by atoms with Crippen molar-refractivity contribution in [2.75, 3.05) is 24.5 Å². The smallest absolute Gasteiger partial charge is 0.343 e. The Bertz CT molecular complexity index is 1850. The van der Waals surface area contributed by atoms with Gasteiger partial charge in [0.25, 0.3) is 17.5 Å². The van der Waals surface area contributed by atoms with Crippen LogP contribution in [0.2, 0.25) is 0 Å². The first kappa shape index (κ1) is 31.1. The number of amides is 4. The lowest BCUT2D eigenvalue weighted by Gasteiger charge is -2.46. The van der Waals surface area contributed by atoms with E-state index in [-0.39, 0.29) is 31.6 Å². The molecule has 248 valence electrons. The molecule has 4 heterocycles. The highest BCUT2D eigenvalue weighted by atomic mass is 16.5. The second-order valence-electron chi connectivity index (χ2n) is 13.1. The van der Waals surface area contributed by atoms with E-state index in [0.717, 1.165) is 16.0 Å². The molecule has 7 rings (SSSR count). The number of carbonyl (C=O) groups excluding carboxylic acids is 3. The first-order valence-electron chi connectivity index (χ1n) is 15.7. The van der Waals surface area contributed by atoms with Gasteiger partial charge in [0.2, 0.25) is 5.79 Å². The Hall–Kier alpha value is -5.47. The highest BCUT2D eigenvalue weighted by molar-refractivity contribution is 6.12. The molecule has 0 bridgehead atoms. The van der Waals surface area contributed by atoms with Crippen molar-refractivity contribution in [3.05, 3.63) is 102 Å². The number of guanidine groups is 2. The van der Waals surface area contributed by atoms with Crippen LogP contribution in [0.3, 0.4) is 0 Å². The van der Waals surface area contributed by atoms with Gasteiger partial charge in [0.1, 0.15) is 18.6 Å². The molecule has 1 spiro atoms. The van der Waals surface area contributed by atoms with Crippen LogP contribution in [0.25, 0.3) is 0 Å². The molecule has 4 atom stereocenters. The lowest BCUT2D eigenvalue weighted by Crippen LogP contribution is -2.90. The largest absolute Gasteiger partial charge is 0.370 e. The maximum atomic E-state index is 14.0. The third-order valence-electron chi connectivity index (χ3n) is 10.0. The van der Waals surface area contributed by atoms with Crippen molar-refractivity contribution in [1.29, 1.82) is 0 Å². The van der Waals surface area contributed by atoms with Crippen LogP contribution in [0.1, 0.15) is 35.3 Å². The molecule has 0 aromatic heterocycles. The number of hydrogen-bond donors (Lipinski definition) is 7. The number of urea groups is 1. The van der Waals surface area contributed by atoms with E-state index < -0.39 is 52.8 Å². The monoisotopic (exact) mass is 652 g/mol. The van der Waals surface area contributed by atoms with Gasteiger partial charge in [-0.2, -0.15) is 0 Å². The zero-order valence-corrected chi connectivity index (χ0v) is 26.5. The molecule has 14 nitrogen and oxygen atoms in total. The number of hydrogen-bond acceptors (Lipinski definition) is 10. The van der Waals surface area contributed by atoms with Crippen molar-refractivity contribution < 1.29 is 29.6 Å². The van der Waals surface area contributed by atoms with E-state index in [1.54, 1.807) is 36.4 Å². The zero-order valence-electron chi connectivity index (χ0n) is 26.5. The van der Waals surface area contributed by atoms with Crippen LogP contribution in [-0.2, 0) is 10.2 Å². The quantitative estimate of drug-likeness (QED) is 0.115. The topological polar surface area (TPSA) is 204 Å². The van der Waals surface area contributed by atoms with Crippen LogP contribution < -0.4 is 32.0 Å². The number of carbonyl (C=O) groups is 3. The Kier molecular flexibility index (Phi) is 7.18. The average molecular weight is 653 g/mol. The summed E-state index contributed by atoms with van der Waals surface area (Å²) in [4.78, 5) is 52.0. The summed E-state index contributed by atoms with van der Waals surface area (Å²) in [6.07, 6.45) is 0. The van der Waals surface area contributed by atoms with Crippen molar-refractivity contribution in [2.45, 2.75) is 48.8 Å². The van der Waals surface area contributed by atoms with Gasteiger partial charge >= 0.3 is 12.0 Å². The van der Waals surface area contributed by atoms with E-state index in [9.17, 15) is 24.6 Å². The van der Waals surface area contributed by atoms with Gasteiger partial charge < -0.3 is 21.3 Å². The fraction of sp³-hybridized carbons (Fsp3) is 0.324. The Morgan fingerprint density at radius 3 is 2.38 bits per heavy atom. The van der Waals surface area contributed by atoms with E-state index in [4.69, 9.17) is 11.5 Å². The van der Waals surface area contributed by atoms with Gasteiger partial charge in [0.15, 0.2) is 12.0 Å². The summed E-state index contributed by atoms with van der Waals surface area (Å²) in [7, 11) is 0. The summed E-state index contributed by atoms with van der Waals surface area (Å²) in [5.74, 6) is -3.68. The molecule has 1 unspecified atom stereocenters. The Labute approximate surface area is 276 Å². The SMILES string of the molecule is CC(C)(c1ccccc1)c1ccccc1C(=O)NC1CN2C(N)=N[C@@H](CN3C(=O)CN(c4ccccc4)C3=O)[C@@H]3[NH+]=C(N)N[C@@]32C1(O)O. The van der Waals surface area contributed by atoms with Crippen molar-refractivity contribution in [3.8, 4) is 0 Å². The van der Waals surface area contributed by atoms with Crippen LogP contribution in [0, 0.1) is 0 Å². The van der Waals surface area contributed by atoms with E-state index in [1.165, 1.54) is 9.80 Å². The minimum Gasteiger partial charge on any atom is -0.370 e. The summed E-state index contributed by atoms with van der Waals surface area (Å²) in [5, 5.41) is 29.8. The Morgan fingerprint density at radius 2 is 1.67 bits per heavy atom. The molecular formula is C34H38N9O5+. The fourth-order valence-electron chi connectivity index (χ4n) is 7.51. The number of benzene rings is 3.